The number of benzene rings is 2. The van der Waals surface area contributed by atoms with Crippen LogP contribution in [0, 0.1) is 5.82 Å². The van der Waals surface area contributed by atoms with Crippen LogP contribution in [-0.2, 0) is 10.2 Å². The van der Waals surface area contributed by atoms with Crippen LogP contribution in [0.5, 0.6) is 5.75 Å². The molecule has 2 aromatic carbocycles. The largest absolute Gasteiger partial charge is 0.494 e. The Morgan fingerprint density at radius 3 is 2.16 bits per heavy atom. The van der Waals surface area contributed by atoms with E-state index in [2.05, 4.69) is 32.9 Å². The highest BCUT2D eigenvalue weighted by Crippen LogP contribution is 2.24. The van der Waals surface area contributed by atoms with Gasteiger partial charge < -0.3 is 14.5 Å². The molecule has 2 amide bonds. The molecule has 0 saturated carbocycles. The molecule has 1 fully saturated rings. The molecule has 0 aromatic heterocycles. The summed E-state index contributed by atoms with van der Waals surface area (Å²) in [6.07, 6.45) is 1.04. The number of rotatable bonds is 6. The number of amides is 2. The number of nitrogens with zero attached hydrogens (tertiary/aromatic N) is 2. The Kier molecular flexibility index (Phi) is 7.31. The van der Waals surface area contributed by atoms with Crippen molar-refractivity contribution in [2.45, 2.75) is 39.0 Å². The molecule has 0 spiro atoms. The first-order valence-electron chi connectivity index (χ1n) is 10.8. The Morgan fingerprint density at radius 1 is 0.935 bits per heavy atom. The van der Waals surface area contributed by atoms with E-state index in [0.29, 0.717) is 45.6 Å². The predicted molar refractivity (Wildman–Crippen MR) is 119 cm³/mol. The average Bonchev–Trinajstić information content (AvgIpc) is 2.76. The van der Waals surface area contributed by atoms with Crippen molar-refractivity contribution in [3.05, 3.63) is 65.5 Å². The van der Waals surface area contributed by atoms with Crippen molar-refractivity contribution in [3.63, 3.8) is 0 Å². The average molecular weight is 427 g/mol. The van der Waals surface area contributed by atoms with Gasteiger partial charge in [-0.1, -0.05) is 45.0 Å². The van der Waals surface area contributed by atoms with Crippen molar-refractivity contribution in [1.82, 2.24) is 9.80 Å². The number of hydrogen-bond acceptors (Lipinski definition) is 3. The lowest BCUT2D eigenvalue weighted by molar-refractivity contribution is -0.132. The zero-order valence-corrected chi connectivity index (χ0v) is 18.6. The second kappa shape index (κ2) is 9.94. The summed E-state index contributed by atoms with van der Waals surface area (Å²) in [5.74, 6) is 0.0283. The molecular formula is C25H31FN2O3. The molecule has 166 valence electrons. The van der Waals surface area contributed by atoms with Gasteiger partial charge in [0.1, 0.15) is 11.6 Å². The Hall–Kier alpha value is -2.89. The van der Waals surface area contributed by atoms with E-state index in [1.165, 1.54) is 17.7 Å². The van der Waals surface area contributed by atoms with Crippen LogP contribution in [-0.4, -0.2) is 54.4 Å². The molecule has 0 N–H and O–H groups in total. The van der Waals surface area contributed by atoms with Gasteiger partial charge in [-0.3, -0.25) is 9.59 Å². The van der Waals surface area contributed by atoms with Crippen molar-refractivity contribution in [3.8, 4) is 5.75 Å². The van der Waals surface area contributed by atoms with Gasteiger partial charge in [0, 0.05) is 32.6 Å². The van der Waals surface area contributed by atoms with Gasteiger partial charge in [-0.25, -0.2) is 4.39 Å². The van der Waals surface area contributed by atoms with Gasteiger partial charge in [0.15, 0.2) is 0 Å². The third kappa shape index (κ3) is 6.06. The fraction of sp³-hybridized carbons (Fsp3) is 0.440. The highest BCUT2D eigenvalue weighted by atomic mass is 19.1. The molecule has 31 heavy (non-hydrogen) atoms. The summed E-state index contributed by atoms with van der Waals surface area (Å²) in [5.41, 5.74) is 1.44. The van der Waals surface area contributed by atoms with Gasteiger partial charge in [0.25, 0.3) is 5.91 Å². The van der Waals surface area contributed by atoms with Crippen LogP contribution in [0.2, 0.25) is 0 Å². The minimum Gasteiger partial charge on any atom is -0.494 e. The van der Waals surface area contributed by atoms with Crippen LogP contribution in [0.4, 0.5) is 4.39 Å². The number of hydrogen-bond donors (Lipinski definition) is 0. The predicted octanol–water partition coefficient (Wildman–Crippen LogP) is 4.27. The standard InChI is InChI=1S/C25H31FN2O3/c1-25(2,3)19-10-12-20(13-11-19)31-18-6-9-23(29)27-14-16-28(17-15-27)24(30)21-7-4-5-8-22(21)26/h4-5,7-8,10-13H,6,9,14-18H2,1-3H3. The lowest BCUT2D eigenvalue weighted by Crippen LogP contribution is -2.50. The summed E-state index contributed by atoms with van der Waals surface area (Å²) in [7, 11) is 0. The Labute approximate surface area is 183 Å². The van der Waals surface area contributed by atoms with Crippen LogP contribution >= 0.6 is 0 Å². The second-order valence-electron chi connectivity index (χ2n) is 8.88. The van der Waals surface area contributed by atoms with E-state index in [0.717, 1.165) is 5.75 Å². The van der Waals surface area contributed by atoms with Crippen LogP contribution < -0.4 is 4.74 Å². The molecule has 2 aromatic rings. The third-order valence-corrected chi connectivity index (χ3v) is 5.55. The summed E-state index contributed by atoms with van der Waals surface area (Å²) in [6.45, 7) is 8.75. The van der Waals surface area contributed by atoms with Crippen LogP contribution in [0.25, 0.3) is 0 Å². The van der Waals surface area contributed by atoms with Crippen LogP contribution in [0.3, 0.4) is 0 Å². The molecule has 1 heterocycles. The fourth-order valence-corrected chi connectivity index (χ4v) is 3.59. The molecule has 1 aliphatic heterocycles. The van der Waals surface area contributed by atoms with E-state index >= 15 is 0 Å². The summed E-state index contributed by atoms with van der Waals surface area (Å²) >= 11 is 0. The Morgan fingerprint density at radius 2 is 1.55 bits per heavy atom. The van der Waals surface area contributed by atoms with Gasteiger partial charge in [0.2, 0.25) is 5.91 Å². The molecular weight excluding hydrogens is 395 g/mol. The topological polar surface area (TPSA) is 49.9 Å². The highest BCUT2D eigenvalue weighted by molar-refractivity contribution is 5.94. The van der Waals surface area contributed by atoms with Gasteiger partial charge in [-0.2, -0.15) is 0 Å². The summed E-state index contributed by atoms with van der Waals surface area (Å²) in [6, 6.07) is 14.1. The lowest BCUT2D eigenvalue weighted by atomic mass is 9.87. The smallest absolute Gasteiger partial charge is 0.256 e. The van der Waals surface area contributed by atoms with Crippen molar-refractivity contribution < 1.29 is 18.7 Å². The van der Waals surface area contributed by atoms with E-state index in [9.17, 15) is 14.0 Å². The molecule has 1 saturated heterocycles. The zero-order valence-electron chi connectivity index (χ0n) is 18.6. The Bertz CT molecular complexity index is 898. The second-order valence-corrected chi connectivity index (χ2v) is 8.88. The van der Waals surface area contributed by atoms with Gasteiger partial charge >= 0.3 is 0 Å². The highest BCUT2D eigenvalue weighted by Gasteiger charge is 2.25. The number of ether oxygens (including phenoxy) is 1. The van der Waals surface area contributed by atoms with Gasteiger partial charge in [-0.05, 0) is 41.7 Å². The summed E-state index contributed by atoms with van der Waals surface area (Å²) in [5, 5.41) is 0. The SMILES string of the molecule is CC(C)(C)c1ccc(OCCCC(=O)N2CCN(C(=O)c3ccccc3F)CC2)cc1. The summed E-state index contributed by atoms with van der Waals surface area (Å²) < 4.78 is 19.6. The molecule has 0 unspecified atom stereocenters. The summed E-state index contributed by atoms with van der Waals surface area (Å²) in [4.78, 5) is 28.3. The molecule has 5 nitrogen and oxygen atoms in total. The van der Waals surface area contributed by atoms with Crippen LogP contribution in [0.15, 0.2) is 48.5 Å². The van der Waals surface area contributed by atoms with Crippen molar-refractivity contribution in [2.24, 2.45) is 0 Å². The number of halogens is 1. The van der Waals surface area contributed by atoms with Crippen molar-refractivity contribution in [2.75, 3.05) is 32.8 Å². The van der Waals surface area contributed by atoms with Gasteiger partial charge in [0.05, 0.1) is 12.2 Å². The van der Waals surface area contributed by atoms with Crippen molar-refractivity contribution >= 4 is 11.8 Å². The molecule has 3 rings (SSSR count). The molecule has 6 heteroatoms. The van der Waals surface area contributed by atoms with E-state index < -0.39 is 5.82 Å². The van der Waals surface area contributed by atoms with Crippen LogP contribution in [0.1, 0.15) is 49.5 Å². The zero-order chi connectivity index (χ0) is 22.4. The van der Waals surface area contributed by atoms with E-state index in [1.54, 1.807) is 21.9 Å². The van der Waals surface area contributed by atoms with E-state index in [4.69, 9.17) is 4.74 Å². The van der Waals surface area contributed by atoms with Gasteiger partial charge in [-0.15, -0.1) is 0 Å². The van der Waals surface area contributed by atoms with Crippen molar-refractivity contribution in [1.29, 1.82) is 0 Å². The fourth-order valence-electron chi connectivity index (χ4n) is 3.59. The number of piperazine rings is 1. The Balaban J connectivity index is 1.38. The molecule has 0 atom stereocenters. The monoisotopic (exact) mass is 426 g/mol. The molecule has 0 radical (unpaired) electrons. The first-order chi connectivity index (χ1) is 14.8. The quantitative estimate of drug-likeness (QED) is 0.649. The minimum atomic E-state index is -0.515. The first kappa shape index (κ1) is 22.8. The maximum absolute atomic E-state index is 13.8. The lowest BCUT2D eigenvalue weighted by Gasteiger charge is -2.35. The van der Waals surface area contributed by atoms with E-state index in [1.807, 2.05) is 12.1 Å². The molecule has 0 bridgehead atoms. The third-order valence-electron chi connectivity index (χ3n) is 5.55. The number of carbonyl (C=O) groups excluding carboxylic acids is 2. The normalized spacial score (nSPS) is 14.5. The maximum atomic E-state index is 13.8. The minimum absolute atomic E-state index is 0.0599. The first-order valence-corrected chi connectivity index (χ1v) is 10.8. The maximum Gasteiger partial charge on any atom is 0.256 e. The van der Waals surface area contributed by atoms with E-state index in [-0.39, 0.29) is 22.8 Å². The molecule has 0 aliphatic carbocycles. The molecule has 1 aliphatic rings. The number of carbonyl (C=O) groups is 2.